The largest absolute Gasteiger partial charge is 0.438 e. The summed E-state index contributed by atoms with van der Waals surface area (Å²) in [4.78, 5) is 10.1. The minimum Gasteiger partial charge on any atom is -0.438 e. The number of hydrogen-bond acceptors (Lipinski definition) is 3. The van der Waals surface area contributed by atoms with Crippen molar-refractivity contribution in [3.63, 3.8) is 0 Å². The van der Waals surface area contributed by atoms with Crippen molar-refractivity contribution in [1.82, 2.24) is 9.97 Å². The highest BCUT2D eigenvalue weighted by molar-refractivity contribution is 6.11. The van der Waals surface area contributed by atoms with E-state index in [0.29, 0.717) is 11.5 Å². The molecule has 7 rings (SSSR count). The number of rotatable bonds is 3. The molecule has 0 saturated heterocycles. The summed E-state index contributed by atoms with van der Waals surface area (Å²) < 4.78 is 6.25. The summed E-state index contributed by atoms with van der Waals surface area (Å²) in [6.07, 6.45) is 0. The fourth-order valence-electron chi connectivity index (χ4n) is 4.85. The Labute approximate surface area is 202 Å². The van der Waals surface area contributed by atoms with Crippen molar-refractivity contribution in [2.24, 2.45) is 0 Å². The summed E-state index contributed by atoms with van der Waals surface area (Å²) >= 11 is 0. The lowest BCUT2D eigenvalue weighted by Crippen LogP contribution is -1.95. The van der Waals surface area contributed by atoms with E-state index >= 15 is 0 Å². The lowest BCUT2D eigenvalue weighted by Gasteiger charge is -2.10. The third-order valence-corrected chi connectivity index (χ3v) is 6.51. The molecular formula is C32H20N2O. The molecule has 3 heteroatoms. The molecule has 0 amide bonds. The van der Waals surface area contributed by atoms with Crippen LogP contribution in [0.15, 0.2) is 126 Å². The van der Waals surface area contributed by atoms with Gasteiger partial charge in [0.05, 0.1) is 11.1 Å². The van der Waals surface area contributed by atoms with Crippen LogP contribution in [0.1, 0.15) is 0 Å². The number of nitrogens with zero attached hydrogens (tertiary/aromatic N) is 2. The number of furan rings is 1. The van der Waals surface area contributed by atoms with Gasteiger partial charge < -0.3 is 4.42 Å². The van der Waals surface area contributed by atoms with Crippen LogP contribution in [0, 0.1) is 0 Å². The Morgan fingerprint density at radius 3 is 2.11 bits per heavy atom. The fraction of sp³-hybridized carbons (Fsp3) is 0. The van der Waals surface area contributed by atoms with E-state index in [9.17, 15) is 0 Å². The van der Waals surface area contributed by atoms with Gasteiger partial charge in [0.15, 0.2) is 5.82 Å². The van der Waals surface area contributed by atoms with Gasteiger partial charge in [0.25, 0.3) is 0 Å². The third kappa shape index (κ3) is 3.29. The molecule has 0 aliphatic carbocycles. The second-order valence-corrected chi connectivity index (χ2v) is 8.65. The standard InChI is InChI=1S/C32H20N2O/c1-2-10-21(11-3-1)23-14-8-15-24(20-23)30-29-27-17-6-7-19-28(27)35-32(29)34-31(33-30)26-18-9-13-22-12-4-5-16-25(22)26/h1-20H. The van der Waals surface area contributed by atoms with Crippen LogP contribution < -0.4 is 0 Å². The van der Waals surface area contributed by atoms with Gasteiger partial charge in [-0.2, -0.15) is 4.98 Å². The van der Waals surface area contributed by atoms with Crippen molar-refractivity contribution in [1.29, 1.82) is 0 Å². The quantitative estimate of drug-likeness (QED) is 0.272. The average molecular weight is 449 g/mol. The second-order valence-electron chi connectivity index (χ2n) is 8.65. The first kappa shape index (κ1) is 19.7. The molecule has 0 aliphatic rings. The lowest BCUT2D eigenvalue weighted by molar-refractivity contribution is 0.653. The van der Waals surface area contributed by atoms with Crippen LogP contribution in [-0.2, 0) is 0 Å². The second kappa shape index (κ2) is 7.93. The predicted octanol–water partition coefficient (Wildman–Crippen LogP) is 8.53. The van der Waals surface area contributed by atoms with E-state index in [-0.39, 0.29) is 0 Å². The normalized spacial score (nSPS) is 11.4. The molecular weight excluding hydrogens is 428 g/mol. The van der Waals surface area contributed by atoms with Gasteiger partial charge in [0, 0.05) is 16.5 Å². The van der Waals surface area contributed by atoms with Gasteiger partial charge in [-0.05, 0) is 34.0 Å². The molecule has 164 valence electrons. The Kier molecular flexibility index (Phi) is 4.46. The maximum absolute atomic E-state index is 6.25. The monoisotopic (exact) mass is 448 g/mol. The molecule has 7 aromatic rings. The maximum Gasteiger partial charge on any atom is 0.231 e. The van der Waals surface area contributed by atoms with Gasteiger partial charge in [-0.3, -0.25) is 0 Å². The van der Waals surface area contributed by atoms with Crippen molar-refractivity contribution in [3.8, 4) is 33.8 Å². The maximum atomic E-state index is 6.25. The average Bonchev–Trinajstić information content (AvgIpc) is 3.31. The third-order valence-electron chi connectivity index (χ3n) is 6.51. The molecule has 0 fully saturated rings. The molecule has 2 aromatic heterocycles. The van der Waals surface area contributed by atoms with Crippen LogP contribution >= 0.6 is 0 Å². The molecule has 0 unspecified atom stereocenters. The van der Waals surface area contributed by atoms with E-state index in [0.717, 1.165) is 49.5 Å². The van der Waals surface area contributed by atoms with E-state index in [2.05, 4.69) is 97.1 Å². The van der Waals surface area contributed by atoms with Crippen LogP contribution in [0.5, 0.6) is 0 Å². The lowest BCUT2D eigenvalue weighted by atomic mass is 9.99. The summed E-state index contributed by atoms with van der Waals surface area (Å²) in [5.41, 5.74) is 6.63. The predicted molar refractivity (Wildman–Crippen MR) is 143 cm³/mol. The highest BCUT2D eigenvalue weighted by Gasteiger charge is 2.19. The summed E-state index contributed by atoms with van der Waals surface area (Å²) in [5, 5.41) is 4.24. The first-order valence-corrected chi connectivity index (χ1v) is 11.7. The van der Waals surface area contributed by atoms with Crippen molar-refractivity contribution in [2.45, 2.75) is 0 Å². The molecule has 0 saturated carbocycles. The van der Waals surface area contributed by atoms with Gasteiger partial charge in [-0.25, -0.2) is 4.98 Å². The van der Waals surface area contributed by atoms with Gasteiger partial charge >= 0.3 is 0 Å². The van der Waals surface area contributed by atoms with Gasteiger partial charge in [0.2, 0.25) is 5.71 Å². The highest BCUT2D eigenvalue weighted by atomic mass is 16.3. The molecule has 0 N–H and O–H groups in total. The molecule has 2 heterocycles. The van der Waals surface area contributed by atoms with E-state index < -0.39 is 0 Å². The van der Waals surface area contributed by atoms with E-state index in [1.807, 2.05) is 24.3 Å². The Morgan fingerprint density at radius 2 is 1.20 bits per heavy atom. The fourth-order valence-corrected chi connectivity index (χ4v) is 4.85. The molecule has 0 aliphatic heterocycles. The zero-order valence-electron chi connectivity index (χ0n) is 18.8. The summed E-state index contributed by atoms with van der Waals surface area (Å²) in [6.45, 7) is 0. The molecule has 0 bridgehead atoms. The van der Waals surface area contributed by atoms with Gasteiger partial charge in [-0.15, -0.1) is 0 Å². The summed E-state index contributed by atoms with van der Waals surface area (Å²) in [6, 6.07) is 41.6. The van der Waals surface area contributed by atoms with Crippen LogP contribution in [-0.4, -0.2) is 9.97 Å². The molecule has 0 atom stereocenters. The highest BCUT2D eigenvalue weighted by Crippen LogP contribution is 2.38. The summed E-state index contributed by atoms with van der Waals surface area (Å²) in [5.74, 6) is 0.661. The van der Waals surface area contributed by atoms with E-state index in [1.165, 1.54) is 5.56 Å². The minimum atomic E-state index is 0.601. The molecule has 35 heavy (non-hydrogen) atoms. The minimum absolute atomic E-state index is 0.601. The van der Waals surface area contributed by atoms with Gasteiger partial charge in [0.1, 0.15) is 5.58 Å². The van der Waals surface area contributed by atoms with E-state index in [4.69, 9.17) is 14.4 Å². The smallest absolute Gasteiger partial charge is 0.231 e. The van der Waals surface area contributed by atoms with Crippen molar-refractivity contribution < 1.29 is 4.42 Å². The van der Waals surface area contributed by atoms with Crippen molar-refractivity contribution in [2.75, 3.05) is 0 Å². The Bertz CT molecular complexity index is 1850. The molecule has 5 aromatic carbocycles. The van der Waals surface area contributed by atoms with Crippen molar-refractivity contribution in [3.05, 3.63) is 121 Å². The number of benzene rings is 5. The summed E-state index contributed by atoms with van der Waals surface area (Å²) in [7, 11) is 0. The Balaban J connectivity index is 1.54. The number of para-hydroxylation sites is 1. The Morgan fingerprint density at radius 1 is 0.514 bits per heavy atom. The molecule has 0 radical (unpaired) electrons. The van der Waals surface area contributed by atoms with Crippen LogP contribution in [0.2, 0.25) is 0 Å². The van der Waals surface area contributed by atoms with Crippen LogP contribution in [0.4, 0.5) is 0 Å². The zero-order valence-corrected chi connectivity index (χ0v) is 18.8. The molecule has 3 nitrogen and oxygen atoms in total. The van der Waals surface area contributed by atoms with Crippen molar-refractivity contribution >= 4 is 32.8 Å². The first-order valence-electron chi connectivity index (χ1n) is 11.7. The molecule has 0 spiro atoms. The number of aromatic nitrogens is 2. The van der Waals surface area contributed by atoms with E-state index in [1.54, 1.807) is 0 Å². The Hall–Kier alpha value is -4.76. The van der Waals surface area contributed by atoms with Crippen LogP contribution in [0.25, 0.3) is 66.6 Å². The topological polar surface area (TPSA) is 38.9 Å². The SMILES string of the molecule is c1ccc(-c2cccc(-c3nc(-c4cccc5ccccc45)nc4oc5ccccc5c34)c2)cc1. The van der Waals surface area contributed by atoms with Crippen LogP contribution in [0.3, 0.4) is 0 Å². The number of fused-ring (bicyclic) bond motifs is 4. The zero-order chi connectivity index (χ0) is 23.2. The number of hydrogen-bond donors (Lipinski definition) is 0. The first-order chi connectivity index (χ1) is 17.3. The van der Waals surface area contributed by atoms with Gasteiger partial charge in [-0.1, -0.05) is 109 Å².